The van der Waals surface area contributed by atoms with Crippen LogP contribution in [0.25, 0.3) is 32.7 Å². The van der Waals surface area contributed by atoms with Crippen LogP contribution in [0.2, 0.25) is 0 Å². The zero-order valence-electron chi connectivity index (χ0n) is 12.7. The lowest BCUT2D eigenvalue weighted by atomic mass is 9.91. The van der Waals surface area contributed by atoms with Gasteiger partial charge in [-0.3, -0.25) is 4.55 Å². The van der Waals surface area contributed by atoms with Crippen molar-refractivity contribution >= 4 is 32.9 Å². The van der Waals surface area contributed by atoms with Crippen molar-refractivity contribution in [2.75, 3.05) is 0 Å². The molecule has 4 aromatic carbocycles. The highest BCUT2D eigenvalue weighted by molar-refractivity contribution is 7.74. The molecule has 1 unspecified atom stereocenters. The first kappa shape index (κ1) is 14.9. The predicted molar refractivity (Wildman–Crippen MR) is 98.3 cm³/mol. The number of fused-ring (bicyclic) bond motifs is 2. The van der Waals surface area contributed by atoms with E-state index in [-0.39, 0.29) is 0 Å². The van der Waals surface area contributed by atoms with Crippen molar-refractivity contribution in [1.82, 2.24) is 0 Å². The maximum absolute atomic E-state index is 11.2. The zero-order chi connectivity index (χ0) is 16.5. The van der Waals surface area contributed by atoms with Gasteiger partial charge in [-0.2, -0.15) is 4.21 Å². The molecule has 0 bridgehead atoms. The molecule has 4 rings (SSSR count). The largest absolute Gasteiger partial charge is 0.379 e. The van der Waals surface area contributed by atoms with E-state index in [0.717, 1.165) is 32.7 Å². The van der Waals surface area contributed by atoms with Crippen LogP contribution in [0.4, 0.5) is 0 Å². The SMILES string of the molecule is O=S(O)Oc1cccc2cc3ccccc3c(-c3ccccc3)c12. The molecule has 0 saturated heterocycles. The van der Waals surface area contributed by atoms with Gasteiger partial charge in [0.1, 0.15) is 0 Å². The molecule has 0 aliphatic rings. The minimum atomic E-state index is -2.37. The molecule has 1 N–H and O–H groups in total. The van der Waals surface area contributed by atoms with Crippen LogP contribution in [0.1, 0.15) is 0 Å². The molecule has 0 amide bonds. The summed E-state index contributed by atoms with van der Waals surface area (Å²) < 4.78 is 25.6. The van der Waals surface area contributed by atoms with Gasteiger partial charge in [-0.15, -0.1) is 0 Å². The summed E-state index contributed by atoms with van der Waals surface area (Å²) >= 11 is -2.37. The van der Waals surface area contributed by atoms with Crippen molar-refractivity contribution in [2.45, 2.75) is 0 Å². The normalized spacial score (nSPS) is 12.4. The van der Waals surface area contributed by atoms with Crippen LogP contribution >= 0.6 is 0 Å². The van der Waals surface area contributed by atoms with Gasteiger partial charge in [0.2, 0.25) is 0 Å². The minimum absolute atomic E-state index is 0.401. The van der Waals surface area contributed by atoms with Crippen LogP contribution in [0.15, 0.2) is 78.9 Å². The molecule has 0 aliphatic carbocycles. The van der Waals surface area contributed by atoms with Gasteiger partial charge in [-0.25, -0.2) is 0 Å². The maximum atomic E-state index is 11.2. The summed E-state index contributed by atoms with van der Waals surface area (Å²) in [6.07, 6.45) is 0. The third-order valence-electron chi connectivity index (χ3n) is 4.07. The van der Waals surface area contributed by atoms with Crippen LogP contribution in [-0.2, 0) is 11.4 Å². The summed E-state index contributed by atoms with van der Waals surface area (Å²) in [5.74, 6) is 0.401. The highest BCUT2D eigenvalue weighted by Crippen LogP contribution is 2.40. The lowest BCUT2D eigenvalue weighted by Crippen LogP contribution is -1.99. The Bertz CT molecular complexity index is 1060. The van der Waals surface area contributed by atoms with Crippen LogP contribution < -0.4 is 4.18 Å². The molecular weight excluding hydrogens is 320 g/mol. The lowest BCUT2D eigenvalue weighted by Gasteiger charge is -2.14. The summed E-state index contributed by atoms with van der Waals surface area (Å²) in [6, 6.07) is 25.7. The van der Waals surface area contributed by atoms with Crippen molar-refractivity contribution < 1.29 is 12.9 Å². The van der Waals surface area contributed by atoms with Gasteiger partial charge in [-0.05, 0) is 33.9 Å². The molecule has 0 aliphatic heterocycles. The molecule has 4 aromatic rings. The average molecular weight is 334 g/mol. The Labute approximate surface area is 142 Å². The number of hydrogen-bond donors (Lipinski definition) is 1. The first-order valence-electron chi connectivity index (χ1n) is 7.53. The van der Waals surface area contributed by atoms with E-state index in [4.69, 9.17) is 4.18 Å². The van der Waals surface area contributed by atoms with Gasteiger partial charge in [0.15, 0.2) is 5.75 Å². The van der Waals surface area contributed by atoms with Gasteiger partial charge >= 0.3 is 11.4 Å². The molecule has 4 heteroatoms. The van der Waals surface area contributed by atoms with Gasteiger partial charge in [0.05, 0.1) is 0 Å². The van der Waals surface area contributed by atoms with Gasteiger partial charge in [-0.1, -0.05) is 66.7 Å². The lowest BCUT2D eigenvalue weighted by molar-refractivity contribution is 0.460. The van der Waals surface area contributed by atoms with E-state index in [1.54, 1.807) is 6.07 Å². The van der Waals surface area contributed by atoms with Gasteiger partial charge < -0.3 is 4.18 Å². The Balaban J connectivity index is 2.19. The molecule has 3 nitrogen and oxygen atoms in total. The van der Waals surface area contributed by atoms with Crippen molar-refractivity contribution in [1.29, 1.82) is 0 Å². The summed E-state index contributed by atoms with van der Waals surface area (Å²) in [6.45, 7) is 0. The topological polar surface area (TPSA) is 46.5 Å². The van der Waals surface area contributed by atoms with E-state index in [0.29, 0.717) is 5.75 Å². The maximum Gasteiger partial charge on any atom is 0.357 e. The Morgan fingerprint density at radius 2 is 1.50 bits per heavy atom. The third-order valence-corrected chi connectivity index (χ3v) is 4.40. The minimum Gasteiger partial charge on any atom is -0.379 e. The molecule has 0 fully saturated rings. The van der Waals surface area contributed by atoms with Crippen molar-refractivity contribution in [2.24, 2.45) is 0 Å². The first-order valence-corrected chi connectivity index (χ1v) is 8.56. The summed E-state index contributed by atoms with van der Waals surface area (Å²) in [4.78, 5) is 0. The number of benzene rings is 4. The standard InChI is InChI=1S/C20H14O3S/c21-24(22)23-18-12-6-10-16-13-15-9-4-5-11-17(15)19(20(16)18)14-7-2-1-3-8-14/h1-13H,(H,21,22). The van der Waals surface area contributed by atoms with E-state index < -0.39 is 11.4 Å². The molecule has 0 radical (unpaired) electrons. The molecular formula is C20H14O3S. The van der Waals surface area contributed by atoms with E-state index in [1.807, 2.05) is 54.6 Å². The summed E-state index contributed by atoms with van der Waals surface area (Å²) in [5.41, 5.74) is 2.05. The van der Waals surface area contributed by atoms with E-state index in [1.165, 1.54) is 0 Å². The second-order valence-corrected chi connectivity index (χ2v) is 6.09. The Hall–Kier alpha value is -2.69. The Morgan fingerprint density at radius 3 is 2.29 bits per heavy atom. The van der Waals surface area contributed by atoms with Crippen molar-refractivity contribution in [3.8, 4) is 16.9 Å². The Morgan fingerprint density at radius 1 is 0.792 bits per heavy atom. The monoisotopic (exact) mass is 334 g/mol. The molecule has 0 saturated carbocycles. The molecule has 118 valence electrons. The summed E-state index contributed by atoms with van der Waals surface area (Å²) in [5, 5.41) is 4.00. The van der Waals surface area contributed by atoms with E-state index in [2.05, 4.69) is 18.2 Å². The fraction of sp³-hybridized carbons (Fsp3) is 0. The predicted octanol–water partition coefficient (Wildman–Crippen LogP) is 5.18. The Kier molecular flexibility index (Phi) is 3.76. The van der Waals surface area contributed by atoms with E-state index in [9.17, 15) is 8.76 Å². The van der Waals surface area contributed by atoms with Crippen LogP contribution in [0.3, 0.4) is 0 Å². The molecule has 0 spiro atoms. The van der Waals surface area contributed by atoms with Crippen LogP contribution in [-0.4, -0.2) is 8.76 Å². The van der Waals surface area contributed by atoms with Crippen molar-refractivity contribution in [3.63, 3.8) is 0 Å². The second-order valence-electron chi connectivity index (χ2n) is 5.49. The van der Waals surface area contributed by atoms with Gasteiger partial charge in [0, 0.05) is 10.9 Å². The molecule has 0 heterocycles. The van der Waals surface area contributed by atoms with Crippen LogP contribution in [0.5, 0.6) is 5.75 Å². The highest BCUT2D eigenvalue weighted by atomic mass is 32.2. The number of rotatable bonds is 3. The second kappa shape index (κ2) is 6.07. The number of hydrogen-bond acceptors (Lipinski definition) is 2. The molecule has 0 aromatic heterocycles. The quantitative estimate of drug-likeness (QED) is 0.415. The van der Waals surface area contributed by atoms with Crippen molar-refractivity contribution in [3.05, 3.63) is 78.9 Å². The highest BCUT2D eigenvalue weighted by Gasteiger charge is 2.14. The third kappa shape index (κ3) is 2.56. The van der Waals surface area contributed by atoms with E-state index >= 15 is 0 Å². The van der Waals surface area contributed by atoms with Gasteiger partial charge in [0.25, 0.3) is 0 Å². The molecule has 24 heavy (non-hydrogen) atoms. The first-order chi connectivity index (χ1) is 11.7. The smallest absolute Gasteiger partial charge is 0.357 e. The average Bonchev–Trinajstić information content (AvgIpc) is 2.60. The fourth-order valence-corrected chi connectivity index (χ4v) is 3.43. The molecule has 1 atom stereocenters. The van der Waals surface area contributed by atoms with Crippen LogP contribution in [0, 0.1) is 0 Å². The zero-order valence-corrected chi connectivity index (χ0v) is 13.5. The summed E-state index contributed by atoms with van der Waals surface area (Å²) in [7, 11) is 0. The fourth-order valence-electron chi connectivity index (χ4n) is 3.14.